The van der Waals surface area contributed by atoms with Gasteiger partial charge in [-0.3, -0.25) is 18.7 Å². The number of phosphoric acid groups is 1. The number of aliphatic hydroxyl groups is 1. The van der Waals surface area contributed by atoms with Crippen molar-refractivity contribution in [2.45, 2.75) is 104 Å². The number of carbonyl (C=O) groups is 3. The Labute approximate surface area is 524 Å². The molecule has 5 aromatic rings. The highest BCUT2D eigenvalue weighted by Crippen LogP contribution is 2.61. The van der Waals surface area contributed by atoms with E-state index in [1.807, 2.05) is 24.3 Å². The summed E-state index contributed by atoms with van der Waals surface area (Å²) in [6, 6.07) is 8.15. The van der Waals surface area contributed by atoms with Crippen LogP contribution in [0.2, 0.25) is 20.1 Å². The SMILES string of the molecule is CCN1c2cc3c(cc2C(C)=CC1(C)C)C(c1c(Cl)c(Cl)c(Cl)c(Cl)c1C(=O)N(C)CCCC(=O)NCCNC(=O)O[C@H]1[C@@H](O)[C@H](n2cnc4c(N)ncnc42)O[C@@H]1COP(=O)(O)OP(=O)(O)NP(=O)(O)O)=c1cc2c(cc1O3)=[N+](CC)C(C)(C)C=C2C. The van der Waals surface area contributed by atoms with Gasteiger partial charge in [-0.05, 0) is 77.3 Å². The summed E-state index contributed by atoms with van der Waals surface area (Å²) in [5, 5.41) is 17.7. The molecule has 4 aliphatic heterocycles. The first-order chi connectivity index (χ1) is 41.1. The number of nitrogens with one attached hydrogen (secondary N) is 3. The molecule has 3 aromatic carbocycles. The molecule has 0 aliphatic carbocycles. The molecule has 6 atom stereocenters. The summed E-state index contributed by atoms with van der Waals surface area (Å²) in [6.45, 7) is 16.9. The number of ether oxygens (including phenoxy) is 3. The standard InChI is InChI=1S/C54H64Cl4N11O16P3/c1-10-68-32-19-34-30(17-28(32)26(3)21-53(68,5)6)38(31-18-29-27(4)22-54(7,8)69(11-2)33(29)20-35(31)82-34)39-40(42(56)44(58)43(57)41(39)55)50(72)66(9)16-12-13-37(70)60-14-15-61-52(73)84-47-36(23-81-88(79,80)85-87(77,78)65-86(74,75)76)83-51(46(47)71)67-25-64-45-48(59)62-24-63-49(45)67/h17-22,24-25,36,46-47,51,71H,10-16,23H2,1-9H3,(H8-,59,60,61,62,63,65,70,73,74,75,76,77,78,79,80)/p+1/t36-,46-,47-,51-/m1/s1. The summed E-state index contributed by atoms with van der Waals surface area (Å²) < 4.78 is 66.6. The number of anilines is 2. The minimum Gasteiger partial charge on any atom is -0.456 e. The maximum atomic E-state index is 15.1. The van der Waals surface area contributed by atoms with Gasteiger partial charge in [0.25, 0.3) is 5.91 Å². The Morgan fingerprint density at radius 1 is 0.875 bits per heavy atom. The van der Waals surface area contributed by atoms with E-state index >= 15 is 4.79 Å². The summed E-state index contributed by atoms with van der Waals surface area (Å²) in [4.78, 5) is 96.1. The fraction of sp³-hybridized carbons (Fsp3) is 0.426. The number of aliphatic hydroxyl groups excluding tert-OH is 1. The topological polar surface area (TPSA) is 365 Å². The highest BCUT2D eigenvalue weighted by atomic mass is 35.5. The summed E-state index contributed by atoms with van der Waals surface area (Å²) in [6.07, 6.45) is -1.16. The lowest BCUT2D eigenvalue weighted by Gasteiger charge is -2.43. The first-order valence-corrected chi connectivity index (χ1v) is 33.6. The summed E-state index contributed by atoms with van der Waals surface area (Å²) in [5.41, 5.74) is 11.7. The Kier molecular flexibility index (Phi) is 19.2. The average Bonchev–Trinajstić information content (AvgIpc) is 0.929. The van der Waals surface area contributed by atoms with Crippen molar-refractivity contribution >= 4 is 127 Å². The Hall–Kier alpha value is -5.54. The van der Waals surface area contributed by atoms with Crippen LogP contribution in [0, 0.1) is 0 Å². The summed E-state index contributed by atoms with van der Waals surface area (Å²) in [5.74, 6) is -0.0558. The molecule has 27 nitrogen and oxygen atoms in total. The van der Waals surface area contributed by atoms with E-state index in [1.54, 1.807) is 7.05 Å². The Bertz CT molecular complexity index is 4070. The van der Waals surface area contributed by atoms with Crippen LogP contribution in [0.15, 0.2) is 49.1 Å². The maximum absolute atomic E-state index is 15.1. The van der Waals surface area contributed by atoms with Gasteiger partial charge in [-0.2, -0.15) is 4.31 Å². The van der Waals surface area contributed by atoms with Crippen LogP contribution in [-0.2, 0) is 36.8 Å². The molecule has 9 rings (SSSR count). The number of carbonyl (C=O) groups excluding carboxylic acids is 3. The van der Waals surface area contributed by atoms with Gasteiger partial charge >= 0.3 is 29.4 Å². The first-order valence-electron chi connectivity index (χ1n) is 27.4. The number of allylic oxidation sites excluding steroid dienone is 2. The highest BCUT2D eigenvalue weighted by molar-refractivity contribution is 7.70. The van der Waals surface area contributed by atoms with Crippen LogP contribution in [0.1, 0.15) is 107 Å². The van der Waals surface area contributed by atoms with E-state index in [-0.39, 0.29) is 91.8 Å². The third-order valence-corrected chi connectivity index (χ3v) is 21.4. The molecule has 1 fully saturated rings. The molecule has 0 spiro atoms. The lowest BCUT2D eigenvalue weighted by Crippen LogP contribution is -2.49. The normalized spacial score (nSPS) is 20.5. The van der Waals surface area contributed by atoms with Crippen molar-refractivity contribution in [3.05, 3.63) is 108 Å². The average molecular weight is 1360 g/mol. The number of hydrogen-bond donors (Lipinski definition) is 9. The second-order valence-corrected chi connectivity index (χ2v) is 28.6. The number of nitrogens with two attached hydrogens (primary N) is 1. The number of nitrogens with zero attached hydrogens (tertiary/aromatic N) is 7. The predicted octanol–water partition coefficient (Wildman–Crippen LogP) is 7.04. The quantitative estimate of drug-likeness (QED) is 0.0122. The van der Waals surface area contributed by atoms with Crippen LogP contribution in [0.5, 0.6) is 11.5 Å². The Morgan fingerprint density at radius 3 is 2.24 bits per heavy atom. The third-order valence-electron chi connectivity index (χ3n) is 15.3. The van der Waals surface area contributed by atoms with E-state index in [4.69, 9.17) is 80.7 Å². The molecule has 34 heteroatoms. The molecule has 0 bridgehead atoms. The zero-order valence-electron chi connectivity index (χ0n) is 48.9. The van der Waals surface area contributed by atoms with Crippen LogP contribution in [0.3, 0.4) is 0 Å². The van der Waals surface area contributed by atoms with Gasteiger partial charge in [0.15, 0.2) is 29.3 Å². The molecular weight excluding hydrogens is 1290 g/mol. The van der Waals surface area contributed by atoms with E-state index in [9.17, 15) is 38.2 Å². The maximum Gasteiger partial charge on any atom is 0.480 e. The number of imidazole rings is 1. The van der Waals surface area contributed by atoms with Crippen molar-refractivity contribution in [1.82, 2.24) is 44.5 Å². The number of halogens is 4. The number of alkyl carbamates (subject to hydrolysis) is 1. The van der Waals surface area contributed by atoms with Gasteiger partial charge in [0, 0.05) is 98.3 Å². The van der Waals surface area contributed by atoms with E-state index in [0.717, 1.165) is 50.8 Å². The third kappa shape index (κ3) is 13.4. The first kappa shape index (κ1) is 66.9. The second-order valence-electron chi connectivity index (χ2n) is 22.3. The highest BCUT2D eigenvalue weighted by Gasteiger charge is 2.50. The van der Waals surface area contributed by atoms with Crippen LogP contribution < -0.4 is 46.0 Å². The van der Waals surface area contributed by atoms with E-state index < -0.39 is 72.4 Å². The van der Waals surface area contributed by atoms with Crippen LogP contribution in [0.25, 0.3) is 27.9 Å². The van der Waals surface area contributed by atoms with E-state index in [2.05, 4.69) is 107 Å². The van der Waals surface area contributed by atoms with Crippen molar-refractivity contribution in [1.29, 1.82) is 0 Å². The molecule has 6 heterocycles. The fourth-order valence-electron chi connectivity index (χ4n) is 11.7. The molecule has 474 valence electrons. The molecule has 10 N–H and O–H groups in total. The van der Waals surface area contributed by atoms with Crippen molar-refractivity contribution in [2.75, 3.05) is 57.0 Å². The molecule has 2 aromatic heterocycles. The van der Waals surface area contributed by atoms with Crippen molar-refractivity contribution in [3.8, 4) is 11.5 Å². The van der Waals surface area contributed by atoms with Gasteiger partial charge in [0.05, 0.1) is 50.2 Å². The fourth-order valence-corrected chi connectivity index (χ4v) is 16.2. The number of likely N-dealkylation sites (N-methyl/N-ethyl adjacent to an activating group) is 2. The summed E-state index contributed by atoms with van der Waals surface area (Å²) >= 11 is 28.3. The zero-order chi connectivity index (χ0) is 64.5. The van der Waals surface area contributed by atoms with E-state index in [0.29, 0.717) is 40.9 Å². The van der Waals surface area contributed by atoms with Crippen molar-refractivity contribution < 1.29 is 75.8 Å². The van der Waals surface area contributed by atoms with Gasteiger partial charge in [0.2, 0.25) is 11.3 Å². The van der Waals surface area contributed by atoms with Crippen LogP contribution in [-0.4, -0.2) is 143 Å². The number of aromatic nitrogens is 4. The number of fused-ring (bicyclic) bond motifs is 5. The van der Waals surface area contributed by atoms with Gasteiger partial charge in [-0.25, -0.2) is 38.0 Å². The number of amides is 3. The molecule has 88 heavy (non-hydrogen) atoms. The molecule has 0 radical (unpaired) electrons. The molecule has 2 unspecified atom stereocenters. The number of phosphoric ester groups is 1. The molecular formula is C54H65Cl4N11O16P3+. The Balaban J connectivity index is 0.908. The van der Waals surface area contributed by atoms with Crippen LogP contribution in [0.4, 0.5) is 16.3 Å². The second kappa shape index (κ2) is 25.3. The zero-order valence-corrected chi connectivity index (χ0v) is 54.6. The number of rotatable bonds is 20. The largest absolute Gasteiger partial charge is 0.480 e. The van der Waals surface area contributed by atoms with Crippen molar-refractivity contribution in [3.63, 3.8) is 0 Å². The minimum absolute atomic E-state index is 0.0181. The van der Waals surface area contributed by atoms with Gasteiger partial charge < -0.3 is 65.1 Å². The predicted molar refractivity (Wildman–Crippen MR) is 330 cm³/mol. The molecule has 3 amide bonds. The molecule has 1 saturated heterocycles. The summed E-state index contributed by atoms with van der Waals surface area (Å²) in [7, 11) is -15.3. The molecule has 0 saturated carbocycles. The number of benzene rings is 3. The lowest BCUT2D eigenvalue weighted by molar-refractivity contribution is -0.121. The van der Waals surface area contributed by atoms with Gasteiger partial charge in [-0.15, -0.1) is 4.86 Å². The lowest BCUT2D eigenvalue weighted by atomic mass is 9.83. The number of hydrogen-bond acceptors (Lipinski definition) is 17. The molecule has 4 aliphatic rings. The van der Waals surface area contributed by atoms with Crippen LogP contribution >= 0.6 is 69.7 Å². The van der Waals surface area contributed by atoms with Gasteiger partial charge in [-0.1, -0.05) is 52.5 Å². The number of nitrogen functional groups attached to an aromatic ring is 1. The van der Waals surface area contributed by atoms with Gasteiger partial charge in [0.1, 0.15) is 42.1 Å². The monoisotopic (exact) mass is 1360 g/mol. The van der Waals surface area contributed by atoms with Crippen molar-refractivity contribution in [2.24, 2.45) is 0 Å². The van der Waals surface area contributed by atoms with E-state index in [1.165, 1.54) is 9.47 Å². The Morgan fingerprint density at radius 2 is 1.56 bits per heavy atom. The smallest absolute Gasteiger partial charge is 0.456 e. The minimum atomic E-state index is -5.67.